The molecular weight excluding hydrogens is 775 g/mol. The lowest BCUT2D eigenvalue weighted by Crippen LogP contribution is -2.55. The van der Waals surface area contributed by atoms with E-state index in [1.165, 1.54) is 25.5 Å². The summed E-state index contributed by atoms with van der Waals surface area (Å²) in [7, 11) is 1.52. The maximum atomic E-state index is 13.2. The minimum Gasteiger partial charge on any atom is -0.508 e. The number of aliphatic hydroxyl groups is 1. The van der Waals surface area contributed by atoms with Crippen molar-refractivity contribution in [3.63, 3.8) is 0 Å². The maximum absolute atomic E-state index is 13.2. The lowest BCUT2D eigenvalue weighted by Gasteiger charge is -2.24. The summed E-state index contributed by atoms with van der Waals surface area (Å²) in [6, 6.07) is 14.8. The Labute approximate surface area is 289 Å². The molecule has 3 amide bonds. The van der Waals surface area contributed by atoms with E-state index in [4.69, 9.17) is 14.2 Å². The summed E-state index contributed by atoms with van der Waals surface area (Å²) in [6.07, 6.45) is 0.537. The maximum Gasteiger partial charge on any atom is 0.408 e. The van der Waals surface area contributed by atoms with Crippen molar-refractivity contribution in [2.75, 3.05) is 13.7 Å². The molecule has 3 aromatic rings. The molecule has 0 unspecified atom stereocenters. The molecule has 5 N–H and O–H groups in total. The number of amides is 3. The summed E-state index contributed by atoms with van der Waals surface area (Å²) in [5.74, 6) is -0.406. The summed E-state index contributed by atoms with van der Waals surface area (Å²) < 4.78 is 18.4. The predicted molar refractivity (Wildman–Crippen MR) is 184 cm³/mol. The number of hydrogen-bond acceptors (Lipinski definition) is 9. The number of nitrogens with zero attached hydrogens (tertiary/aromatic N) is 1. The van der Waals surface area contributed by atoms with Crippen LogP contribution in [0.15, 0.2) is 70.2 Å². The molecule has 14 heteroatoms. The highest BCUT2D eigenvalue weighted by Crippen LogP contribution is 2.34. The molecule has 0 saturated carbocycles. The van der Waals surface area contributed by atoms with Crippen molar-refractivity contribution in [3.05, 3.63) is 85.4 Å². The van der Waals surface area contributed by atoms with Gasteiger partial charge < -0.3 is 35.1 Å². The first-order valence-electron chi connectivity index (χ1n) is 14.0. The van der Waals surface area contributed by atoms with Crippen molar-refractivity contribution in [1.82, 2.24) is 16.1 Å². The number of phenols is 1. The number of alkyl carbamates (subject to hydrolysis) is 1. The molecule has 246 valence electrons. The smallest absolute Gasteiger partial charge is 0.408 e. The number of nitrogens with one attached hydrogen (secondary N) is 3. The van der Waals surface area contributed by atoms with Crippen LogP contribution in [0.25, 0.3) is 0 Å². The van der Waals surface area contributed by atoms with Crippen molar-refractivity contribution in [3.8, 4) is 17.2 Å². The van der Waals surface area contributed by atoms with E-state index in [9.17, 15) is 24.6 Å². The van der Waals surface area contributed by atoms with Crippen LogP contribution in [0.3, 0.4) is 0 Å². The Hall–Kier alpha value is -3.89. The molecule has 0 radical (unpaired) electrons. The van der Waals surface area contributed by atoms with Crippen molar-refractivity contribution >= 4 is 62.6 Å². The second-order valence-corrected chi connectivity index (χ2v) is 13.1. The molecule has 0 fully saturated rings. The number of halogens is 2. The quantitative estimate of drug-likeness (QED) is 0.0962. The Morgan fingerprint density at radius 2 is 1.63 bits per heavy atom. The number of aliphatic hydroxyl groups excluding tert-OH is 1. The number of phenolic OH excluding ortho intramolecular Hbond substituents is 1. The number of carbonyl (C=O) groups excluding carboxylic acids is 3. The van der Waals surface area contributed by atoms with Crippen LogP contribution in [0, 0.1) is 3.57 Å². The van der Waals surface area contributed by atoms with Crippen LogP contribution in [0.2, 0.25) is 0 Å². The number of methoxy groups -OCH3 is 1. The number of benzene rings is 3. The van der Waals surface area contributed by atoms with Crippen molar-refractivity contribution < 1.29 is 38.8 Å². The summed E-state index contributed by atoms with van der Waals surface area (Å²) >= 11 is 5.54. The van der Waals surface area contributed by atoms with E-state index in [1.807, 2.05) is 24.3 Å². The molecule has 0 aliphatic heterocycles. The van der Waals surface area contributed by atoms with Crippen LogP contribution in [0.4, 0.5) is 4.79 Å². The third kappa shape index (κ3) is 11.8. The van der Waals surface area contributed by atoms with Crippen LogP contribution < -0.4 is 25.5 Å². The standard InChI is InChI=1S/C32H36BrIN4O8/c1-32(2,3)46-31(43)37-26(17-39)29(41)36-25(14-19-7-11-23(40)12-8-19)30(42)38-35-16-21-13-24(34)28(27(15-21)44-4)45-18-20-5-9-22(33)10-6-20/h5-13,15-16,25-26,39-40H,14,17-18H2,1-4H3,(H,36,41)(H,37,43)(H,38,42)/b35-16-/t25-,26-/m0/s1. The van der Waals surface area contributed by atoms with Gasteiger partial charge >= 0.3 is 6.09 Å². The van der Waals surface area contributed by atoms with Gasteiger partial charge in [0.25, 0.3) is 5.91 Å². The second kappa shape index (κ2) is 17.1. The van der Waals surface area contributed by atoms with Crippen molar-refractivity contribution in [2.45, 2.75) is 51.5 Å². The van der Waals surface area contributed by atoms with E-state index in [2.05, 4.69) is 59.7 Å². The highest BCUT2D eigenvalue weighted by atomic mass is 127. The van der Waals surface area contributed by atoms with Crippen LogP contribution in [0.1, 0.15) is 37.5 Å². The van der Waals surface area contributed by atoms with Crippen molar-refractivity contribution in [1.29, 1.82) is 0 Å². The topological polar surface area (TPSA) is 168 Å². The highest BCUT2D eigenvalue weighted by molar-refractivity contribution is 14.1. The Morgan fingerprint density at radius 1 is 0.978 bits per heavy atom. The zero-order chi connectivity index (χ0) is 33.9. The average Bonchev–Trinajstić information content (AvgIpc) is 2.99. The monoisotopic (exact) mass is 810 g/mol. The summed E-state index contributed by atoms with van der Waals surface area (Å²) in [5, 5.41) is 28.3. The molecule has 0 aromatic heterocycles. The lowest BCUT2D eigenvalue weighted by atomic mass is 10.0. The normalized spacial score (nSPS) is 12.6. The average molecular weight is 811 g/mol. The Morgan fingerprint density at radius 3 is 2.24 bits per heavy atom. The van der Waals surface area contributed by atoms with Crippen LogP contribution in [-0.2, 0) is 27.4 Å². The first-order valence-corrected chi connectivity index (χ1v) is 15.9. The number of aromatic hydroxyl groups is 1. The van der Waals surface area contributed by atoms with Gasteiger partial charge in [-0.25, -0.2) is 10.2 Å². The van der Waals surface area contributed by atoms with E-state index < -0.39 is 42.2 Å². The zero-order valence-electron chi connectivity index (χ0n) is 25.7. The Kier molecular flexibility index (Phi) is 13.6. The first kappa shape index (κ1) is 36.6. The number of ether oxygens (including phenoxy) is 3. The second-order valence-electron chi connectivity index (χ2n) is 11.0. The van der Waals surface area contributed by atoms with Crippen LogP contribution in [0.5, 0.6) is 17.2 Å². The summed E-state index contributed by atoms with van der Waals surface area (Å²) in [5.41, 5.74) is 3.83. The van der Waals surface area contributed by atoms with Gasteiger partial charge in [0.2, 0.25) is 5.91 Å². The fourth-order valence-corrected chi connectivity index (χ4v) is 4.98. The van der Waals surface area contributed by atoms with Crippen LogP contribution >= 0.6 is 38.5 Å². The van der Waals surface area contributed by atoms with Gasteiger partial charge in [-0.05, 0) is 96.5 Å². The molecule has 3 aromatic carbocycles. The summed E-state index contributed by atoms with van der Waals surface area (Å²) in [4.78, 5) is 38.4. The number of rotatable bonds is 13. The van der Waals surface area contributed by atoms with E-state index in [-0.39, 0.29) is 12.2 Å². The molecular formula is C32H36BrIN4O8. The summed E-state index contributed by atoms with van der Waals surface area (Å²) in [6.45, 7) is 4.57. The van der Waals surface area contributed by atoms with E-state index >= 15 is 0 Å². The number of hydrazone groups is 1. The minimum absolute atomic E-state index is 0.0219. The molecule has 46 heavy (non-hydrogen) atoms. The number of carbonyl (C=O) groups is 3. The molecule has 0 saturated heterocycles. The highest BCUT2D eigenvalue weighted by Gasteiger charge is 2.28. The van der Waals surface area contributed by atoms with Gasteiger partial charge in [0.05, 0.1) is 23.5 Å². The van der Waals surface area contributed by atoms with Crippen LogP contribution in [-0.4, -0.2) is 65.7 Å². The molecule has 0 aliphatic carbocycles. The molecule has 0 aliphatic rings. The van der Waals surface area contributed by atoms with Gasteiger partial charge in [-0.2, -0.15) is 5.10 Å². The molecule has 2 atom stereocenters. The third-order valence-electron chi connectivity index (χ3n) is 6.14. The van der Waals surface area contributed by atoms with Gasteiger partial charge in [-0.3, -0.25) is 9.59 Å². The molecule has 3 rings (SSSR count). The molecule has 12 nitrogen and oxygen atoms in total. The van der Waals surface area contributed by atoms with Gasteiger partial charge in [-0.1, -0.05) is 40.2 Å². The number of hydrogen-bond donors (Lipinski definition) is 5. The van der Waals surface area contributed by atoms with Crippen molar-refractivity contribution in [2.24, 2.45) is 5.10 Å². The Balaban J connectivity index is 1.72. The molecule has 0 heterocycles. The fraction of sp³-hybridized carbons (Fsp3) is 0.312. The van der Waals surface area contributed by atoms with Gasteiger partial charge in [-0.15, -0.1) is 0 Å². The van der Waals surface area contributed by atoms with E-state index in [1.54, 1.807) is 45.0 Å². The minimum atomic E-state index is -1.38. The van der Waals surface area contributed by atoms with E-state index in [0.29, 0.717) is 29.2 Å². The first-order chi connectivity index (χ1) is 21.8. The Bertz CT molecular complexity index is 1530. The SMILES string of the molecule is COc1cc(/C=N\NC(=O)[C@H](Cc2ccc(O)cc2)NC(=O)[C@H](CO)NC(=O)OC(C)(C)C)cc(I)c1OCc1ccc(Br)cc1. The molecule has 0 bridgehead atoms. The van der Waals surface area contributed by atoms with Gasteiger partial charge in [0, 0.05) is 10.9 Å². The largest absolute Gasteiger partial charge is 0.508 e. The third-order valence-corrected chi connectivity index (χ3v) is 7.47. The van der Waals surface area contributed by atoms with Gasteiger partial charge in [0.1, 0.15) is 30.0 Å². The fourth-order valence-electron chi connectivity index (χ4n) is 3.93. The lowest BCUT2D eigenvalue weighted by molar-refractivity contribution is -0.130. The molecule has 0 spiro atoms. The van der Waals surface area contributed by atoms with Gasteiger partial charge in [0.15, 0.2) is 11.5 Å². The zero-order valence-corrected chi connectivity index (χ0v) is 29.4. The van der Waals surface area contributed by atoms with E-state index in [0.717, 1.165) is 13.6 Å². The predicted octanol–water partition coefficient (Wildman–Crippen LogP) is 4.41.